The summed E-state index contributed by atoms with van der Waals surface area (Å²) in [5.74, 6) is 1.47. The molecule has 2 amide bonds. The first-order valence-corrected chi connectivity index (χ1v) is 9.69. The van der Waals surface area contributed by atoms with Crippen LogP contribution in [0.2, 0.25) is 0 Å². The predicted octanol–water partition coefficient (Wildman–Crippen LogP) is 2.82. The Labute approximate surface area is 160 Å². The highest BCUT2D eigenvalue weighted by Crippen LogP contribution is 2.40. The zero-order chi connectivity index (χ0) is 19.0. The van der Waals surface area contributed by atoms with E-state index < -0.39 is 0 Å². The number of amides is 2. The van der Waals surface area contributed by atoms with Gasteiger partial charge >= 0.3 is 0 Å². The maximum atomic E-state index is 12.6. The lowest BCUT2D eigenvalue weighted by Crippen LogP contribution is -2.36. The van der Waals surface area contributed by atoms with E-state index in [9.17, 15) is 9.59 Å². The van der Waals surface area contributed by atoms with Gasteiger partial charge in [-0.15, -0.1) is 11.3 Å². The van der Waals surface area contributed by atoms with E-state index in [1.165, 1.54) is 11.3 Å². The van der Waals surface area contributed by atoms with Crippen molar-refractivity contribution in [1.82, 2.24) is 20.6 Å². The van der Waals surface area contributed by atoms with E-state index in [-0.39, 0.29) is 18.4 Å². The highest BCUT2D eigenvalue weighted by atomic mass is 32.1. The third-order valence-electron chi connectivity index (χ3n) is 4.59. The fourth-order valence-electron chi connectivity index (χ4n) is 3.00. The Morgan fingerprint density at radius 2 is 2.07 bits per heavy atom. The molecule has 0 saturated heterocycles. The number of aromatic nitrogens is 2. The summed E-state index contributed by atoms with van der Waals surface area (Å²) in [6.07, 6.45) is 3.82. The van der Waals surface area contributed by atoms with Gasteiger partial charge in [-0.25, -0.2) is 9.97 Å². The molecule has 3 heterocycles. The quantitative estimate of drug-likeness (QED) is 0.681. The molecule has 8 heteroatoms. The normalized spacial score (nSPS) is 13.7. The first-order valence-electron chi connectivity index (χ1n) is 8.88. The molecule has 1 fully saturated rings. The van der Waals surface area contributed by atoms with Gasteiger partial charge in [0, 0.05) is 11.3 Å². The van der Waals surface area contributed by atoms with E-state index in [0.29, 0.717) is 23.1 Å². The largest absolute Gasteiger partial charge is 0.467 e. The molecule has 3 aromatic rings. The first-order chi connectivity index (χ1) is 13.0. The van der Waals surface area contributed by atoms with Crippen molar-refractivity contribution in [2.45, 2.75) is 39.2 Å². The number of thiophene rings is 1. The summed E-state index contributed by atoms with van der Waals surface area (Å²) < 4.78 is 5.16. The van der Waals surface area contributed by atoms with Crippen LogP contribution < -0.4 is 10.6 Å². The van der Waals surface area contributed by atoms with Crippen LogP contribution in [0.25, 0.3) is 10.2 Å². The Morgan fingerprint density at radius 1 is 1.26 bits per heavy atom. The zero-order valence-electron chi connectivity index (χ0n) is 15.2. The van der Waals surface area contributed by atoms with Crippen molar-refractivity contribution < 1.29 is 14.0 Å². The van der Waals surface area contributed by atoms with Crippen molar-refractivity contribution in [2.75, 3.05) is 6.54 Å². The van der Waals surface area contributed by atoms with Gasteiger partial charge in [0.1, 0.15) is 16.4 Å². The second-order valence-electron chi connectivity index (χ2n) is 6.72. The molecular formula is C19H20N4O3S. The third kappa shape index (κ3) is 3.71. The number of hydrogen-bond acceptors (Lipinski definition) is 6. The lowest BCUT2D eigenvalue weighted by atomic mass is 10.1. The molecule has 2 N–H and O–H groups in total. The molecule has 0 atom stereocenters. The number of nitrogens with zero attached hydrogens (tertiary/aromatic N) is 2. The number of carbonyl (C=O) groups excluding carboxylic acids is 2. The van der Waals surface area contributed by atoms with Gasteiger partial charge in [-0.1, -0.05) is 0 Å². The summed E-state index contributed by atoms with van der Waals surface area (Å²) in [4.78, 5) is 35.2. The average Bonchev–Trinajstić information content (AvgIpc) is 3.26. The molecule has 0 aromatic carbocycles. The number of nitrogens with one attached hydrogen (secondary N) is 2. The highest BCUT2D eigenvalue weighted by molar-refractivity contribution is 7.20. The molecule has 0 bridgehead atoms. The molecule has 4 rings (SSSR count). The van der Waals surface area contributed by atoms with E-state index in [1.54, 1.807) is 18.4 Å². The van der Waals surface area contributed by atoms with Crippen molar-refractivity contribution in [2.24, 2.45) is 0 Å². The lowest BCUT2D eigenvalue weighted by Gasteiger charge is -2.05. The standard InChI is InChI=1S/C19H20N4O3S/c1-10-15-11(2)22-17(12-5-6-12)23-19(15)27-16(10)18(25)21-9-14(24)20-8-13-4-3-7-26-13/h3-4,7,12H,5-6,8-9H2,1-2H3,(H,20,24)(H,21,25). The summed E-state index contributed by atoms with van der Waals surface area (Å²) in [6.45, 7) is 4.06. The van der Waals surface area contributed by atoms with Crippen molar-refractivity contribution in [1.29, 1.82) is 0 Å². The SMILES string of the molecule is Cc1nc(C2CC2)nc2sc(C(=O)NCC(=O)NCc3ccco3)c(C)c12. The summed E-state index contributed by atoms with van der Waals surface area (Å²) in [5, 5.41) is 6.32. The fraction of sp³-hybridized carbons (Fsp3) is 0.368. The molecule has 0 unspecified atom stereocenters. The highest BCUT2D eigenvalue weighted by Gasteiger charge is 2.28. The molecule has 1 saturated carbocycles. The Hall–Kier alpha value is -2.74. The molecule has 7 nitrogen and oxygen atoms in total. The molecule has 27 heavy (non-hydrogen) atoms. The smallest absolute Gasteiger partial charge is 0.262 e. The van der Waals surface area contributed by atoms with Crippen LogP contribution in [0.5, 0.6) is 0 Å². The second-order valence-corrected chi connectivity index (χ2v) is 7.72. The van der Waals surface area contributed by atoms with Gasteiger partial charge in [0.2, 0.25) is 5.91 Å². The zero-order valence-corrected chi connectivity index (χ0v) is 16.0. The number of fused-ring (bicyclic) bond motifs is 1. The van der Waals surface area contributed by atoms with E-state index in [0.717, 1.165) is 40.1 Å². The number of aryl methyl sites for hydroxylation is 2. The first kappa shape index (κ1) is 17.7. The van der Waals surface area contributed by atoms with Gasteiger partial charge < -0.3 is 15.1 Å². The van der Waals surface area contributed by atoms with Crippen molar-refractivity contribution in [3.8, 4) is 0 Å². The van der Waals surface area contributed by atoms with Crippen LogP contribution in [0.15, 0.2) is 22.8 Å². The van der Waals surface area contributed by atoms with Gasteiger partial charge in [0.25, 0.3) is 5.91 Å². The molecule has 140 valence electrons. The van der Waals surface area contributed by atoms with E-state index in [2.05, 4.69) is 20.6 Å². The maximum Gasteiger partial charge on any atom is 0.262 e. The average molecular weight is 384 g/mol. The molecule has 1 aliphatic carbocycles. The Bertz CT molecular complexity index is 1010. The predicted molar refractivity (Wildman–Crippen MR) is 102 cm³/mol. The van der Waals surface area contributed by atoms with Gasteiger partial charge in [0.15, 0.2) is 0 Å². The molecule has 3 aromatic heterocycles. The minimum absolute atomic E-state index is 0.0921. The van der Waals surface area contributed by atoms with Gasteiger partial charge in [0.05, 0.1) is 29.9 Å². The topological polar surface area (TPSA) is 97.1 Å². The fourth-order valence-corrected chi connectivity index (χ4v) is 4.16. The summed E-state index contributed by atoms with van der Waals surface area (Å²) in [6, 6.07) is 3.53. The van der Waals surface area contributed by atoms with Crippen molar-refractivity contribution >= 4 is 33.4 Å². The number of hydrogen-bond donors (Lipinski definition) is 2. The number of carbonyl (C=O) groups is 2. The Morgan fingerprint density at radius 3 is 2.78 bits per heavy atom. The van der Waals surface area contributed by atoms with E-state index in [1.807, 2.05) is 13.8 Å². The maximum absolute atomic E-state index is 12.6. The Balaban J connectivity index is 1.43. The van der Waals surface area contributed by atoms with Crippen LogP contribution in [0.1, 0.15) is 51.3 Å². The summed E-state index contributed by atoms with van der Waals surface area (Å²) >= 11 is 1.36. The molecule has 0 spiro atoms. The van der Waals surface area contributed by atoms with E-state index in [4.69, 9.17) is 4.42 Å². The minimum Gasteiger partial charge on any atom is -0.467 e. The third-order valence-corrected chi connectivity index (χ3v) is 5.77. The lowest BCUT2D eigenvalue weighted by molar-refractivity contribution is -0.120. The summed E-state index contributed by atoms with van der Waals surface area (Å²) in [5.41, 5.74) is 1.77. The molecule has 0 aliphatic heterocycles. The molecular weight excluding hydrogens is 364 g/mol. The van der Waals surface area contributed by atoms with Gasteiger partial charge in [-0.05, 0) is 44.4 Å². The van der Waals surface area contributed by atoms with Crippen molar-refractivity contribution in [3.05, 3.63) is 46.1 Å². The van der Waals surface area contributed by atoms with Crippen molar-refractivity contribution in [3.63, 3.8) is 0 Å². The number of furan rings is 1. The van der Waals surface area contributed by atoms with Gasteiger partial charge in [-0.2, -0.15) is 0 Å². The van der Waals surface area contributed by atoms with Crippen LogP contribution in [-0.4, -0.2) is 28.3 Å². The second kappa shape index (κ2) is 7.11. The van der Waals surface area contributed by atoms with Gasteiger partial charge in [-0.3, -0.25) is 9.59 Å². The monoisotopic (exact) mass is 384 g/mol. The molecule has 0 radical (unpaired) electrons. The number of rotatable bonds is 6. The Kier molecular flexibility index (Phi) is 4.65. The van der Waals surface area contributed by atoms with Crippen LogP contribution in [0.4, 0.5) is 0 Å². The van der Waals surface area contributed by atoms with Crippen LogP contribution >= 0.6 is 11.3 Å². The molecule has 1 aliphatic rings. The van der Waals surface area contributed by atoms with Crippen LogP contribution in [0.3, 0.4) is 0 Å². The minimum atomic E-state index is -0.273. The summed E-state index contributed by atoms with van der Waals surface area (Å²) in [7, 11) is 0. The van der Waals surface area contributed by atoms with Crippen LogP contribution in [0, 0.1) is 13.8 Å². The van der Waals surface area contributed by atoms with Crippen LogP contribution in [-0.2, 0) is 11.3 Å². The van der Waals surface area contributed by atoms with E-state index >= 15 is 0 Å².